The predicted molar refractivity (Wildman–Crippen MR) is 99.9 cm³/mol. The largest absolute Gasteiger partial charge is 0.389 e. The van der Waals surface area contributed by atoms with Gasteiger partial charge < -0.3 is 15.3 Å². The fourth-order valence-electron chi connectivity index (χ4n) is 6.59. The van der Waals surface area contributed by atoms with Crippen molar-refractivity contribution in [2.45, 2.75) is 57.4 Å². The third kappa shape index (κ3) is 1.96. The van der Waals surface area contributed by atoms with E-state index in [0.717, 1.165) is 0 Å². The van der Waals surface area contributed by atoms with Crippen molar-refractivity contribution in [1.29, 1.82) is 0 Å². The van der Waals surface area contributed by atoms with E-state index in [2.05, 4.69) is 0 Å². The Kier molecular flexibility index (Phi) is 4.01. The van der Waals surface area contributed by atoms with Crippen LogP contribution in [0.4, 0.5) is 4.39 Å². The van der Waals surface area contributed by atoms with Crippen LogP contribution in [0.5, 0.6) is 0 Å². The Morgan fingerprint density at radius 1 is 1.36 bits per heavy atom. The third-order valence-corrected chi connectivity index (χ3v) is 8.25. The molecule has 0 amide bonds. The lowest BCUT2D eigenvalue weighted by Crippen LogP contribution is -2.66. The van der Waals surface area contributed by atoms with E-state index in [4.69, 9.17) is 0 Å². The number of allylic oxidation sites excluding steroid dienone is 5. The Bertz CT molecular complexity index is 859. The molecule has 0 aliphatic heterocycles. The van der Waals surface area contributed by atoms with Crippen molar-refractivity contribution in [3.05, 3.63) is 35.5 Å². The molecule has 4 rings (SSSR count). The molecule has 0 aromatic carbocycles. The van der Waals surface area contributed by atoms with E-state index < -0.39 is 52.4 Å². The summed E-state index contributed by atoms with van der Waals surface area (Å²) in [7, 11) is 0. The molecule has 28 heavy (non-hydrogen) atoms. The monoisotopic (exact) mass is 390 g/mol. The van der Waals surface area contributed by atoms with E-state index >= 15 is 4.39 Å². The number of alkyl halides is 1. The molecule has 152 valence electrons. The fraction of sp³-hybridized carbons (Fsp3) is 0.636. The first kappa shape index (κ1) is 19.7. The van der Waals surface area contributed by atoms with Crippen molar-refractivity contribution >= 4 is 11.6 Å². The van der Waals surface area contributed by atoms with E-state index in [9.17, 15) is 24.9 Å². The summed E-state index contributed by atoms with van der Waals surface area (Å²) in [4.78, 5) is 24.3. The maximum Gasteiger partial charge on any atom is 0.190 e. The molecule has 0 heterocycles. The molecule has 0 saturated heterocycles. The fourth-order valence-corrected chi connectivity index (χ4v) is 6.59. The number of hydrogen-bond donors (Lipinski definition) is 3. The zero-order valence-corrected chi connectivity index (χ0v) is 16.4. The normalized spacial score (nSPS) is 49.7. The number of fused-ring (bicyclic) bond motifs is 5. The van der Waals surface area contributed by atoms with Gasteiger partial charge in [0.1, 0.15) is 12.2 Å². The van der Waals surface area contributed by atoms with Gasteiger partial charge in [-0.2, -0.15) is 0 Å². The standard InChI is InChI=1S/C22H27FO5/c1-12-8-16-15-5-4-13-9-14(25)6-7-19(13,2)21(15,23)17(26)10-20(16,3)22(12,28)18(27)11-24/h5-7,9,12,16-17,24,26,28H,4,8,10-11H2,1-3H3/t12-,16+,17+,19+,20+,21+,22+/m1/s1. The highest BCUT2D eigenvalue weighted by Gasteiger charge is 2.73. The molecular weight excluding hydrogens is 363 g/mol. The molecule has 6 heteroatoms. The van der Waals surface area contributed by atoms with Gasteiger partial charge in [0.05, 0.1) is 6.10 Å². The highest BCUT2D eigenvalue weighted by molar-refractivity contribution is 6.01. The van der Waals surface area contributed by atoms with Crippen LogP contribution < -0.4 is 0 Å². The molecule has 0 radical (unpaired) electrons. The minimum atomic E-state index is -2.12. The Labute approximate surface area is 163 Å². The number of halogens is 1. The van der Waals surface area contributed by atoms with Crippen molar-refractivity contribution in [2.24, 2.45) is 22.7 Å². The van der Waals surface area contributed by atoms with Crippen LogP contribution in [-0.4, -0.2) is 50.9 Å². The first-order chi connectivity index (χ1) is 13.0. The van der Waals surface area contributed by atoms with E-state index in [-0.39, 0.29) is 12.2 Å². The van der Waals surface area contributed by atoms with Crippen LogP contribution in [0.2, 0.25) is 0 Å². The number of rotatable bonds is 2. The number of carbonyl (C=O) groups is 2. The summed E-state index contributed by atoms with van der Waals surface area (Å²) in [5.41, 5.74) is -5.16. The van der Waals surface area contributed by atoms with E-state index in [1.54, 1.807) is 32.9 Å². The quantitative estimate of drug-likeness (QED) is 0.625. The van der Waals surface area contributed by atoms with Gasteiger partial charge in [-0.25, -0.2) is 4.39 Å². The number of hydrogen-bond acceptors (Lipinski definition) is 5. The Morgan fingerprint density at radius 2 is 2.04 bits per heavy atom. The van der Waals surface area contributed by atoms with Crippen LogP contribution in [0.25, 0.3) is 0 Å². The van der Waals surface area contributed by atoms with Gasteiger partial charge in [0, 0.05) is 10.8 Å². The highest BCUT2D eigenvalue weighted by atomic mass is 19.1. The van der Waals surface area contributed by atoms with Gasteiger partial charge in [-0.1, -0.05) is 26.0 Å². The summed E-state index contributed by atoms with van der Waals surface area (Å²) < 4.78 is 16.8. The molecule has 2 saturated carbocycles. The van der Waals surface area contributed by atoms with E-state index in [1.165, 1.54) is 12.2 Å². The topological polar surface area (TPSA) is 94.8 Å². The number of ketones is 2. The number of carbonyl (C=O) groups excluding carboxylic acids is 2. The summed E-state index contributed by atoms with van der Waals surface area (Å²) in [6, 6.07) is 0. The molecule has 0 unspecified atom stereocenters. The lowest BCUT2D eigenvalue weighted by molar-refractivity contribution is -0.176. The second-order valence-corrected chi connectivity index (χ2v) is 9.36. The van der Waals surface area contributed by atoms with E-state index in [1.807, 2.05) is 0 Å². The molecule has 4 aliphatic rings. The smallest absolute Gasteiger partial charge is 0.190 e. The van der Waals surface area contributed by atoms with Crippen LogP contribution in [0, 0.1) is 22.7 Å². The molecule has 0 spiro atoms. The second-order valence-electron chi connectivity index (χ2n) is 9.36. The van der Waals surface area contributed by atoms with Gasteiger partial charge in [0.15, 0.2) is 17.2 Å². The van der Waals surface area contributed by atoms with Crippen molar-refractivity contribution in [3.63, 3.8) is 0 Å². The lowest BCUT2D eigenvalue weighted by Gasteiger charge is -2.59. The molecule has 2 fully saturated rings. The van der Waals surface area contributed by atoms with E-state index in [0.29, 0.717) is 24.0 Å². The molecule has 0 bridgehead atoms. The molecular formula is C22H27FO5. The van der Waals surface area contributed by atoms with Crippen LogP contribution in [0.3, 0.4) is 0 Å². The molecule has 4 aliphatic carbocycles. The van der Waals surface area contributed by atoms with Gasteiger partial charge in [0.2, 0.25) is 0 Å². The van der Waals surface area contributed by atoms with Gasteiger partial charge in [-0.15, -0.1) is 0 Å². The number of Topliss-reactive ketones (excluding diaryl/α,β-unsaturated/α-hetero) is 1. The van der Waals surface area contributed by atoms with Crippen LogP contribution in [0.1, 0.15) is 40.0 Å². The van der Waals surface area contributed by atoms with Crippen LogP contribution in [-0.2, 0) is 9.59 Å². The third-order valence-electron chi connectivity index (χ3n) is 8.25. The summed E-state index contributed by atoms with van der Waals surface area (Å²) in [5.74, 6) is -1.80. The Hall–Kier alpha value is -1.63. The first-order valence-corrected chi connectivity index (χ1v) is 9.85. The molecule has 0 aromatic heterocycles. The maximum absolute atomic E-state index is 16.8. The maximum atomic E-state index is 16.8. The van der Waals surface area contributed by atoms with Crippen molar-refractivity contribution in [2.75, 3.05) is 6.61 Å². The highest BCUT2D eigenvalue weighted by Crippen LogP contribution is 2.69. The summed E-state index contributed by atoms with van der Waals surface area (Å²) in [5, 5.41) is 31.9. The van der Waals surface area contributed by atoms with Crippen LogP contribution in [0.15, 0.2) is 35.5 Å². The Balaban J connectivity index is 1.90. The second kappa shape index (κ2) is 5.71. The van der Waals surface area contributed by atoms with Crippen LogP contribution >= 0.6 is 0 Å². The average molecular weight is 390 g/mol. The SMILES string of the molecule is C[C@@H]1C[C@H]2C3=CCC4=CC(=O)C=C[C@]4(C)[C@@]3(F)[C@@H](O)C[C@]2(C)[C@@]1(O)C(=O)CO. The molecule has 0 aromatic rings. The average Bonchev–Trinajstić information content (AvgIpc) is 2.84. The van der Waals surface area contributed by atoms with Gasteiger partial charge >= 0.3 is 0 Å². The number of aliphatic hydroxyl groups excluding tert-OH is 2. The first-order valence-electron chi connectivity index (χ1n) is 9.85. The lowest BCUT2D eigenvalue weighted by atomic mass is 9.48. The molecule has 3 N–H and O–H groups in total. The van der Waals surface area contributed by atoms with Crippen molar-refractivity contribution < 1.29 is 29.3 Å². The zero-order chi connectivity index (χ0) is 20.7. The minimum absolute atomic E-state index is 0.108. The molecule has 7 atom stereocenters. The summed E-state index contributed by atoms with van der Waals surface area (Å²) in [6.07, 6.45) is 5.27. The van der Waals surface area contributed by atoms with Crippen molar-refractivity contribution in [3.8, 4) is 0 Å². The minimum Gasteiger partial charge on any atom is -0.389 e. The van der Waals surface area contributed by atoms with Gasteiger partial charge in [0.25, 0.3) is 0 Å². The summed E-state index contributed by atoms with van der Waals surface area (Å²) in [6.45, 7) is 4.35. The van der Waals surface area contributed by atoms with Gasteiger partial charge in [-0.05, 0) is 61.3 Å². The molecule has 5 nitrogen and oxygen atoms in total. The zero-order valence-electron chi connectivity index (χ0n) is 16.4. The predicted octanol–water partition coefficient (Wildman–Crippen LogP) is 1.82. The van der Waals surface area contributed by atoms with Gasteiger partial charge in [-0.3, -0.25) is 9.59 Å². The summed E-state index contributed by atoms with van der Waals surface area (Å²) >= 11 is 0. The van der Waals surface area contributed by atoms with Crippen molar-refractivity contribution in [1.82, 2.24) is 0 Å². The Morgan fingerprint density at radius 3 is 2.68 bits per heavy atom. The number of aliphatic hydroxyl groups is 3.